The van der Waals surface area contributed by atoms with Crippen molar-refractivity contribution in [3.63, 3.8) is 0 Å². The summed E-state index contributed by atoms with van der Waals surface area (Å²) in [6, 6.07) is 17.0. The number of thioether (sulfide) groups is 1. The number of anilines is 1. The smallest absolute Gasteiger partial charge is 0.238 e. The van der Waals surface area contributed by atoms with Crippen molar-refractivity contribution in [2.24, 2.45) is 5.14 Å². The second kappa shape index (κ2) is 8.82. The minimum Gasteiger partial charge on any atom is -0.325 e. The standard InChI is InChI=1S/C18H15BrN4O3S2/c19-13-3-1-12(2-4-13)16-9-10-18(23-22-16)27-11-17(24)21-14-5-7-15(8-6-14)28(20,25)26/h1-10H,11H2,(H,21,24)(H2,20,25,26). The lowest BCUT2D eigenvalue weighted by Gasteiger charge is -2.06. The number of amides is 1. The summed E-state index contributed by atoms with van der Waals surface area (Å²) in [7, 11) is -3.75. The number of nitrogens with two attached hydrogens (primary N) is 1. The van der Waals surface area contributed by atoms with Crippen molar-refractivity contribution >= 4 is 49.3 Å². The van der Waals surface area contributed by atoms with Crippen LogP contribution in [0.1, 0.15) is 0 Å². The highest BCUT2D eigenvalue weighted by Gasteiger charge is 2.09. The maximum Gasteiger partial charge on any atom is 0.238 e. The third kappa shape index (κ3) is 5.61. The molecular formula is C18H15BrN4O3S2. The molecule has 1 amide bonds. The number of sulfonamides is 1. The average Bonchev–Trinajstić information content (AvgIpc) is 2.67. The molecule has 3 aromatic rings. The number of carbonyl (C=O) groups excluding carboxylic acids is 1. The summed E-state index contributed by atoms with van der Waals surface area (Å²) in [5, 5.41) is 16.7. The molecule has 0 aliphatic heterocycles. The fourth-order valence-corrected chi connectivity index (χ4v) is 3.63. The highest BCUT2D eigenvalue weighted by atomic mass is 79.9. The number of rotatable bonds is 6. The number of hydrogen-bond acceptors (Lipinski definition) is 6. The summed E-state index contributed by atoms with van der Waals surface area (Å²) in [6.07, 6.45) is 0. The third-order valence-electron chi connectivity index (χ3n) is 3.60. The van der Waals surface area contributed by atoms with Crippen LogP contribution < -0.4 is 10.5 Å². The van der Waals surface area contributed by atoms with Crippen LogP contribution in [0.15, 0.2) is 75.1 Å². The van der Waals surface area contributed by atoms with Crippen molar-refractivity contribution in [2.75, 3.05) is 11.1 Å². The van der Waals surface area contributed by atoms with Crippen LogP contribution >= 0.6 is 27.7 Å². The number of halogens is 1. The quantitative estimate of drug-likeness (QED) is 0.525. The highest BCUT2D eigenvalue weighted by Crippen LogP contribution is 2.22. The lowest BCUT2D eigenvalue weighted by molar-refractivity contribution is -0.113. The Hall–Kier alpha value is -2.27. The molecule has 0 spiro atoms. The molecule has 0 aliphatic carbocycles. The molecule has 0 fully saturated rings. The molecule has 0 bridgehead atoms. The second-order valence-corrected chi connectivity index (χ2v) is 9.14. The third-order valence-corrected chi connectivity index (χ3v) is 5.98. The molecule has 0 unspecified atom stereocenters. The first-order chi connectivity index (χ1) is 13.3. The monoisotopic (exact) mass is 478 g/mol. The average molecular weight is 479 g/mol. The zero-order chi connectivity index (χ0) is 20.1. The lowest BCUT2D eigenvalue weighted by Crippen LogP contribution is -2.15. The molecule has 0 radical (unpaired) electrons. The molecule has 3 N–H and O–H groups in total. The molecule has 0 atom stereocenters. The summed E-state index contributed by atoms with van der Waals surface area (Å²) in [6.45, 7) is 0. The van der Waals surface area contributed by atoms with Gasteiger partial charge in [-0.25, -0.2) is 13.6 Å². The topological polar surface area (TPSA) is 115 Å². The van der Waals surface area contributed by atoms with E-state index in [2.05, 4.69) is 31.4 Å². The van der Waals surface area contributed by atoms with Gasteiger partial charge in [0.1, 0.15) is 5.03 Å². The van der Waals surface area contributed by atoms with Crippen LogP contribution in [0.25, 0.3) is 11.3 Å². The van der Waals surface area contributed by atoms with Crippen molar-refractivity contribution in [3.05, 3.63) is 65.1 Å². The molecule has 28 heavy (non-hydrogen) atoms. The van der Waals surface area contributed by atoms with E-state index in [0.29, 0.717) is 10.7 Å². The van der Waals surface area contributed by atoms with Gasteiger partial charge in [-0.15, -0.1) is 10.2 Å². The summed E-state index contributed by atoms with van der Waals surface area (Å²) in [5.74, 6) is -0.101. The van der Waals surface area contributed by atoms with E-state index >= 15 is 0 Å². The fraction of sp³-hybridized carbons (Fsp3) is 0.0556. The van der Waals surface area contributed by atoms with E-state index in [0.717, 1.165) is 15.7 Å². The highest BCUT2D eigenvalue weighted by molar-refractivity contribution is 9.10. The van der Waals surface area contributed by atoms with E-state index < -0.39 is 10.0 Å². The minimum absolute atomic E-state index is 0.0130. The van der Waals surface area contributed by atoms with E-state index in [-0.39, 0.29) is 16.6 Å². The predicted molar refractivity (Wildman–Crippen MR) is 112 cm³/mol. The Morgan fingerprint density at radius 1 is 1.00 bits per heavy atom. The Morgan fingerprint density at radius 3 is 2.25 bits per heavy atom. The van der Waals surface area contributed by atoms with E-state index in [1.54, 1.807) is 0 Å². The normalized spacial score (nSPS) is 11.2. The van der Waals surface area contributed by atoms with Crippen LogP contribution in [0.5, 0.6) is 0 Å². The minimum atomic E-state index is -3.75. The first kappa shape index (κ1) is 20.5. The number of carbonyl (C=O) groups is 1. The van der Waals surface area contributed by atoms with Gasteiger partial charge in [0, 0.05) is 15.7 Å². The molecule has 7 nitrogen and oxygen atoms in total. The van der Waals surface area contributed by atoms with Gasteiger partial charge in [0.25, 0.3) is 0 Å². The van der Waals surface area contributed by atoms with Crippen LogP contribution in [-0.2, 0) is 14.8 Å². The Labute approximate surface area is 174 Å². The van der Waals surface area contributed by atoms with Gasteiger partial charge < -0.3 is 5.32 Å². The van der Waals surface area contributed by atoms with Crippen molar-refractivity contribution in [3.8, 4) is 11.3 Å². The van der Waals surface area contributed by atoms with E-state index in [4.69, 9.17) is 5.14 Å². The van der Waals surface area contributed by atoms with Crippen LogP contribution in [0.4, 0.5) is 5.69 Å². The van der Waals surface area contributed by atoms with E-state index in [9.17, 15) is 13.2 Å². The number of nitrogens with zero attached hydrogens (tertiary/aromatic N) is 2. The van der Waals surface area contributed by atoms with Gasteiger partial charge in [-0.1, -0.05) is 39.8 Å². The van der Waals surface area contributed by atoms with Crippen molar-refractivity contribution < 1.29 is 13.2 Å². The van der Waals surface area contributed by atoms with E-state index in [1.165, 1.54) is 36.0 Å². The SMILES string of the molecule is NS(=O)(=O)c1ccc(NC(=O)CSc2ccc(-c3ccc(Br)cc3)nn2)cc1. The summed E-state index contributed by atoms with van der Waals surface area (Å²) < 4.78 is 23.4. The van der Waals surface area contributed by atoms with Crippen LogP contribution in [0.2, 0.25) is 0 Å². The van der Waals surface area contributed by atoms with Crippen molar-refractivity contribution in [2.45, 2.75) is 9.92 Å². The van der Waals surface area contributed by atoms with Gasteiger partial charge in [0.15, 0.2) is 0 Å². The van der Waals surface area contributed by atoms with Crippen LogP contribution in [0.3, 0.4) is 0 Å². The van der Waals surface area contributed by atoms with Crippen molar-refractivity contribution in [1.82, 2.24) is 10.2 Å². The van der Waals surface area contributed by atoms with Gasteiger partial charge in [-0.05, 0) is 48.5 Å². The number of benzene rings is 2. The van der Waals surface area contributed by atoms with Gasteiger partial charge in [0.2, 0.25) is 15.9 Å². The fourth-order valence-electron chi connectivity index (χ4n) is 2.24. The maximum atomic E-state index is 12.1. The second-order valence-electron chi connectivity index (χ2n) is 5.67. The predicted octanol–water partition coefficient (Wildman–Crippen LogP) is 3.28. The summed E-state index contributed by atoms with van der Waals surface area (Å²) in [4.78, 5) is 12.0. The molecule has 10 heteroatoms. The number of hydrogen-bond donors (Lipinski definition) is 2. The zero-order valence-electron chi connectivity index (χ0n) is 14.4. The Kier molecular flexibility index (Phi) is 6.45. The first-order valence-electron chi connectivity index (χ1n) is 7.96. The summed E-state index contributed by atoms with van der Waals surface area (Å²) >= 11 is 4.64. The Morgan fingerprint density at radius 2 is 1.68 bits per heavy atom. The maximum absolute atomic E-state index is 12.1. The molecule has 0 aliphatic rings. The Bertz CT molecular complexity index is 1070. The largest absolute Gasteiger partial charge is 0.325 e. The molecule has 1 heterocycles. The number of nitrogens with one attached hydrogen (secondary N) is 1. The zero-order valence-corrected chi connectivity index (χ0v) is 17.6. The van der Waals surface area contributed by atoms with Crippen LogP contribution in [-0.4, -0.2) is 30.3 Å². The van der Waals surface area contributed by atoms with Crippen LogP contribution in [0, 0.1) is 0 Å². The number of aromatic nitrogens is 2. The molecule has 1 aromatic heterocycles. The molecule has 2 aromatic carbocycles. The number of primary sulfonamides is 1. The summed E-state index contributed by atoms with van der Waals surface area (Å²) in [5.41, 5.74) is 2.18. The lowest BCUT2D eigenvalue weighted by atomic mass is 10.1. The Balaban J connectivity index is 1.55. The van der Waals surface area contributed by atoms with E-state index in [1.807, 2.05) is 36.4 Å². The molecule has 0 saturated carbocycles. The molecule has 144 valence electrons. The molecule has 3 rings (SSSR count). The van der Waals surface area contributed by atoms with Gasteiger partial charge in [-0.3, -0.25) is 4.79 Å². The first-order valence-corrected chi connectivity index (χ1v) is 11.3. The van der Waals surface area contributed by atoms with Gasteiger partial charge in [0.05, 0.1) is 16.3 Å². The van der Waals surface area contributed by atoms with Crippen molar-refractivity contribution in [1.29, 1.82) is 0 Å². The van der Waals surface area contributed by atoms with Gasteiger partial charge in [-0.2, -0.15) is 0 Å². The molecular weight excluding hydrogens is 464 g/mol. The van der Waals surface area contributed by atoms with Gasteiger partial charge >= 0.3 is 0 Å². The molecule has 0 saturated heterocycles.